The predicted octanol–water partition coefficient (Wildman–Crippen LogP) is 3.28. The number of hydrogen-bond acceptors (Lipinski definition) is 7. The molecule has 1 aliphatic rings. The normalized spacial score (nSPS) is 13.0. The lowest BCUT2D eigenvalue weighted by Crippen LogP contribution is -2.18. The van der Waals surface area contributed by atoms with Gasteiger partial charge in [-0.1, -0.05) is 0 Å². The van der Waals surface area contributed by atoms with Gasteiger partial charge in [0.15, 0.2) is 11.5 Å². The van der Waals surface area contributed by atoms with E-state index in [4.69, 9.17) is 9.47 Å². The number of rotatable bonds is 4. The molecule has 2 heterocycles. The Morgan fingerprint density at radius 3 is 2.65 bits per heavy atom. The van der Waals surface area contributed by atoms with Crippen LogP contribution in [-0.2, 0) is 4.79 Å². The van der Waals surface area contributed by atoms with Gasteiger partial charge in [-0.15, -0.1) is 11.3 Å². The molecule has 1 aliphatic heterocycles. The smallest absolute Gasteiger partial charge is 0.296 e. The van der Waals surface area contributed by atoms with Gasteiger partial charge in [-0.2, -0.15) is 5.26 Å². The number of fused-ring (bicyclic) bond motifs is 1. The third kappa shape index (κ3) is 3.50. The van der Waals surface area contributed by atoms with Crippen molar-refractivity contribution in [1.29, 1.82) is 5.26 Å². The lowest BCUT2D eigenvalue weighted by molar-refractivity contribution is -0.384. The van der Waals surface area contributed by atoms with Gasteiger partial charge in [-0.25, -0.2) is 0 Å². The van der Waals surface area contributed by atoms with Crippen LogP contribution in [-0.4, -0.2) is 24.0 Å². The predicted molar refractivity (Wildman–Crippen MR) is 95.4 cm³/mol. The minimum absolute atomic E-state index is 0.0618. The zero-order chi connectivity index (χ0) is 18.7. The molecule has 0 unspecified atom stereocenters. The number of hydrogen-bond donors (Lipinski definition) is 1. The van der Waals surface area contributed by atoms with Gasteiger partial charge >= 0.3 is 0 Å². The summed E-state index contributed by atoms with van der Waals surface area (Å²) in [5.41, 5.74) is 0.376. The maximum atomic E-state index is 12.4. The van der Waals surface area contributed by atoms with Crippen molar-refractivity contribution in [1.82, 2.24) is 0 Å². The van der Waals surface area contributed by atoms with Crippen LogP contribution in [0.1, 0.15) is 10.4 Å². The Morgan fingerprint density at radius 2 is 2.08 bits per heavy atom. The average Bonchev–Trinajstić information content (AvgIpc) is 3.03. The van der Waals surface area contributed by atoms with Crippen LogP contribution in [0.4, 0.5) is 11.4 Å². The lowest BCUT2D eigenvalue weighted by Gasteiger charge is -2.19. The number of nitro groups is 1. The van der Waals surface area contributed by atoms with Crippen LogP contribution in [0.15, 0.2) is 29.2 Å². The van der Waals surface area contributed by atoms with Crippen LogP contribution in [0.5, 0.6) is 11.5 Å². The summed E-state index contributed by atoms with van der Waals surface area (Å²) in [5, 5.41) is 24.9. The molecular formula is C17H13N3O5S. The van der Waals surface area contributed by atoms with Crippen molar-refractivity contribution in [3.8, 4) is 17.6 Å². The Kier molecular flexibility index (Phi) is 4.86. The first-order chi connectivity index (χ1) is 12.5. The fraction of sp³-hybridized carbons (Fsp3) is 0.176. The van der Waals surface area contributed by atoms with Crippen LogP contribution in [0.2, 0.25) is 0 Å². The van der Waals surface area contributed by atoms with E-state index < -0.39 is 10.8 Å². The van der Waals surface area contributed by atoms with Crippen LogP contribution in [0.25, 0.3) is 6.08 Å². The van der Waals surface area contributed by atoms with E-state index in [-0.39, 0.29) is 29.3 Å². The number of benzene rings is 1. The third-order valence-corrected chi connectivity index (χ3v) is 4.61. The second kappa shape index (κ2) is 7.25. The maximum absolute atomic E-state index is 12.4. The number of thiophene rings is 1. The van der Waals surface area contributed by atoms with E-state index in [1.807, 2.05) is 24.4 Å². The molecule has 9 heteroatoms. The van der Waals surface area contributed by atoms with Gasteiger partial charge < -0.3 is 14.8 Å². The molecular weight excluding hydrogens is 358 g/mol. The Labute approximate surface area is 152 Å². The number of carbonyl (C=O) groups is 1. The van der Waals surface area contributed by atoms with Gasteiger partial charge in [0.2, 0.25) is 0 Å². The first kappa shape index (κ1) is 17.4. The van der Waals surface area contributed by atoms with E-state index >= 15 is 0 Å². The second-order valence-corrected chi connectivity index (χ2v) is 6.31. The molecule has 0 bridgehead atoms. The summed E-state index contributed by atoms with van der Waals surface area (Å²) in [4.78, 5) is 23.9. The quantitative estimate of drug-likeness (QED) is 0.382. The molecule has 1 aromatic carbocycles. The maximum Gasteiger partial charge on any atom is 0.296 e. The van der Waals surface area contributed by atoms with Gasteiger partial charge in [-0.05, 0) is 30.0 Å². The zero-order valence-electron chi connectivity index (χ0n) is 13.6. The summed E-state index contributed by atoms with van der Waals surface area (Å²) < 4.78 is 10.7. The molecule has 1 aromatic heterocycles. The highest BCUT2D eigenvalue weighted by atomic mass is 32.1. The monoisotopic (exact) mass is 371 g/mol. The highest BCUT2D eigenvalue weighted by Gasteiger charge is 2.24. The Bertz CT molecular complexity index is 958. The molecule has 8 nitrogen and oxygen atoms in total. The van der Waals surface area contributed by atoms with Crippen LogP contribution < -0.4 is 14.8 Å². The summed E-state index contributed by atoms with van der Waals surface area (Å²) in [5.74, 6) is -0.194. The minimum Gasteiger partial charge on any atom is -0.486 e. The van der Waals surface area contributed by atoms with Crippen molar-refractivity contribution >= 4 is 34.7 Å². The minimum atomic E-state index is -0.736. The topological polar surface area (TPSA) is 114 Å². The molecule has 0 radical (unpaired) electrons. The molecule has 0 saturated carbocycles. The van der Waals surface area contributed by atoms with E-state index in [2.05, 4.69) is 5.32 Å². The summed E-state index contributed by atoms with van der Waals surface area (Å²) >= 11 is 1.39. The highest BCUT2D eigenvalue weighted by molar-refractivity contribution is 7.11. The molecule has 1 N–H and O–H groups in total. The molecule has 1 amide bonds. The fourth-order valence-electron chi connectivity index (χ4n) is 2.33. The largest absolute Gasteiger partial charge is 0.486 e. The molecule has 2 aromatic rings. The van der Waals surface area contributed by atoms with E-state index in [1.165, 1.54) is 29.5 Å². The van der Waals surface area contributed by atoms with Gasteiger partial charge in [0.1, 0.15) is 30.5 Å². The number of aryl methyl sites for hydroxylation is 1. The summed E-state index contributed by atoms with van der Waals surface area (Å²) in [7, 11) is 0. The first-order valence-corrected chi connectivity index (χ1v) is 8.43. The average molecular weight is 371 g/mol. The van der Waals surface area contributed by atoms with Crippen molar-refractivity contribution in [3.63, 3.8) is 0 Å². The number of carbonyl (C=O) groups excluding carboxylic acids is 1. The Morgan fingerprint density at radius 1 is 1.38 bits per heavy atom. The molecule has 3 rings (SSSR count). The van der Waals surface area contributed by atoms with Gasteiger partial charge in [0, 0.05) is 10.9 Å². The third-order valence-electron chi connectivity index (χ3n) is 3.65. The SMILES string of the molecule is Cc1ccsc1C=C(C#N)C(=O)Nc1cc2c(cc1[N+](=O)[O-])OCCO2. The molecule has 0 aliphatic carbocycles. The number of ether oxygens (including phenoxy) is 2. The summed E-state index contributed by atoms with van der Waals surface area (Å²) in [6.07, 6.45) is 1.46. The highest BCUT2D eigenvalue weighted by Crippen LogP contribution is 2.39. The van der Waals surface area contributed by atoms with Crippen LogP contribution in [0.3, 0.4) is 0 Å². The lowest BCUT2D eigenvalue weighted by atomic mass is 10.1. The van der Waals surface area contributed by atoms with E-state index in [0.717, 1.165) is 10.4 Å². The number of anilines is 1. The summed E-state index contributed by atoms with van der Waals surface area (Å²) in [6, 6.07) is 6.23. The molecule has 0 saturated heterocycles. The summed E-state index contributed by atoms with van der Waals surface area (Å²) in [6.45, 7) is 2.46. The van der Waals surface area contributed by atoms with E-state index in [9.17, 15) is 20.2 Å². The zero-order valence-corrected chi connectivity index (χ0v) is 14.5. The van der Waals surface area contributed by atoms with Crippen molar-refractivity contribution in [2.45, 2.75) is 6.92 Å². The number of nitriles is 1. The standard InChI is InChI=1S/C17H13N3O5S/c1-10-2-5-26-16(10)6-11(9-18)17(21)19-12-7-14-15(25-4-3-24-14)8-13(12)20(22)23/h2,5-8H,3-4H2,1H3,(H,19,21). The second-order valence-electron chi connectivity index (χ2n) is 5.36. The molecule has 0 atom stereocenters. The Balaban J connectivity index is 1.93. The van der Waals surface area contributed by atoms with Crippen LogP contribution >= 0.6 is 11.3 Å². The molecule has 0 fully saturated rings. The van der Waals surface area contributed by atoms with Crippen LogP contribution in [0, 0.1) is 28.4 Å². The van der Waals surface area contributed by atoms with E-state index in [1.54, 1.807) is 0 Å². The number of nitrogens with one attached hydrogen (secondary N) is 1. The van der Waals surface area contributed by atoms with Gasteiger partial charge in [0.25, 0.3) is 11.6 Å². The number of nitrogens with zero attached hydrogens (tertiary/aromatic N) is 2. The van der Waals surface area contributed by atoms with Gasteiger partial charge in [-0.3, -0.25) is 14.9 Å². The van der Waals surface area contributed by atoms with Crippen molar-refractivity contribution < 1.29 is 19.2 Å². The Hall–Kier alpha value is -3.38. The van der Waals surface area contributed by atoms with E-state index in [0.29, 0.717) is 12.4 Å². The van der Waals surface area contributed by atoms with Crippen molar-refractivity contribution in [2.75, 3.05) is 18.5 Å². The van der Waals surface area contributed by atoms with Gasteiger partial charge in [0.05, 0.1) is 11.0 Å². The number of nitro benzene ring substituents is 1. The molecule has 26 heavy (non-hydrogen) atoms. The fourth-order valence-corrected chi connectivity index (χ4v) is 3.19. The van der Waals surface area contributed by atoms with Crippen molar-refractivity contribution in [2.24, 2.45) is 0 Å². The first-order valence-electron chi connectivity index (χ1n) is 7.55. The molecule has 0 spiro atoms. The van der Waals surface area contributed by atoms with Crippen molar-refractivity contribution in [3.05, 3.63) is 49.7 Å². The number of amides is 1. The molecule has 132 valence electrons.